The molecule has 1 aliphatic rings. The molecule has 0 saturated carbocycles. The predicted molar refractivity (Wildman–Crippen MR) is 26.0 cm³/mol. The first kappa shape index (κ1) is 4.36. The summed E-state index contributed by atoms with van der Waals surface area (Å²) in [5.41, 5.74) is 0. The number of hydrogen-bond donors (Lipinski definition) is 0. The fourth-order valence-electron chi connectivity index (χ4n) is 0.286. The fourth-order valence-corrected chi connectivity index (χ4v) is 2.20. The van der Waals surface area contributed by atoms with Crippen molar-refractivity contribution in [3.63, 3.8) is 0 Å². The third kappa shape index (κ3) is 0.640. The van der Waals surface area contributed by atoms with Gasteiger partial charge in [0.2, 0.25) is 0 Å². The minimum atomic E-state index is -0.609. The maximum atomic E-state index is 9.75. The number of allylic oxidation sites excluding steroid dienone is 1. The molecule has 1 nitrogen and oxygen atoms in total. The molecule has 1 rings (SSSR count). The molecule has 0 unspecified atom stereocenters. The first-order chi connectivity index (χ1) is 2.93. The minimum absolute atomic E-state index is 0.609. The Kier molecular flexibility index (Phi) is 1.29. The molecule has 0 aliphatic carbocycles. The third-order valence-electron chi connectivity index (χ3n) is 0.713. The Bertz CT molecular complexity index is 120. The van der Waals surface area contributed by atoms with Crippen LogP contribution in [-0.4, -0.2) is 33.1 Å². The van der Waals surface area contributed by atoms with Crippen LogP contribution in [0.5, 0.6) is 0 Å². The van der Waals surface area contributed by atoms with E-state index in [1.807, 2.05) is 6.08 Å². The first-order valence-electron chi connectivity index (χ1n) is 1.77. The van der Waals surface area contributed by atoms with Crippen molar-refractivity contribution in [2.45, 2.75) is 0 Å². The quantitative estimate of drug-likeness (QED) is 0.468. The van der Waals surface area contributed by atoms with Crippen LogP contribution < -0.4 is 0 Å². The van der Waals surface area contributed by atoms with Crippen molar-refractivity contribution in [3.05, 3.63) is 9.71 Å². The van der Waals surface area contributed by atoms with Crippen LogP contribution in [0.2, 0.25) is 0 Å². The van der Waals surface area contributed by atoms with E-state index in [9.17, 15) is 4.79 Å². The van der Waals surface area contributed by atoms with Gasteiger partial charge in [0.15, 0.2) is 0 Å². The second-order valence-corrected chi connectivity index (χ2v) is 6.53. The standard InChI is InChI=1S/C4H3O.Tl/c1-2-3-4-5;/h1-2,4H;. The predicted octanol–water partition coefficient (Wildman–Crippen LogP) is -0.411. The van der Waals surface area contributed by atoms with Gasteiger partial charge in [0.25, 0.3) is 0 Å². The zero-order valence-corrected chi connectivity index (χ0v) is 7.71. The van der Waals surface area contributed by atoms with E-state index >= 15 is 0 Å². The Morgan fingerprint density at radius 2 is 2.50 bits per heavy atom. The average molecular weight is 271 g/mol. The van der Waals surface area contributed by atoms with Crippen molar-refractivity contribution in [1.29, 1.82) is 0 Å². The maximum absolute atomic E-state index is 9.75. The molecule has 0 saturated heterocycles. The molecular formula is C4H3OTl. The van der Waals surface area contributed by atoms with Gasteiger partial charge < -0.3 is 0 Å². The number of aldehydes is 1. The number of carbonyl (C=O) groups excluding carboxylic acids is 1. The molecule has 6 heavy (non-hydrogen) atoms. The molecule has 0 bridgehead atoms. The molecular weight excluding hydrogens is 268 g/mol. The van der Waals surface area contributed by atoms with Crippen LogP contribution in [0.4, 0.5) is 0 Å². The Hall–Kier alpha value is 0.202. The number of carbonyl (C=O) groups is 1. The van der Waals surface area contributed by atoms with Crippen molar-refractivity contribution in [1.82, 2.24) is 0 Å². The van der Waals surface area contributed by atoms with Gasteiger partial charge >= 0.3 is 47.6 Å². The molecule has 0 fully saturated rings. The van der Waals surface area contributed by atoms with Crippen LogP contribution in [0.25, 0.3) is 0 Å². The van der Waals surface area contributed by atoms with E-state index in [0.717, 1.165) is 9.34 Å². The first-order valence-corrected chi connectivity index (χ1v) is 6.60. The summed E-state index contributed by atoms with van der Waals surface area (Å²) in [6.07, 6.45) is 2.90. The second kappa shape index (κ2) is 1.77. The van der Waals surface area contributed by atoms with Gasteiger partial charge in [-0.2, -0.15) is 0 Å². The summed E-state index contributed by atoms with van der Waals surface area (Å²) in [5, 5.41) is 0. The SMILES string of the molecule is O=C[C]1=[Tl][CH]=C1. The van der Waals surface area contributed by atoms with Gasteiger partial charge in [0.05, 0.1) is 0 Å². The van der Waals surface area contributed by atoms with E-state index in [-0.39, 0.29) is 0 Å². The van der Waals surface area contributed by atoms with Crippen molar-refractivity contribution < 1.29 is 4.79 Å². The summed E-state index contributed by atoms with van der Waals surface area (Å²) in [6.45, 7) is 0. The van der Waals surface area contributed by atoms with E-state index < -0.39 is 23.7 Å². The normalized spacial score (nSPS) is 14.3. The van der Waals surface area contributed by atoms with E-state index in [4.69, 9.17) is 0 Å². The summed E-state index contributed by atoms with van der Waals surface area (Å²) >= 11 is -0.609. The molecule has 28 valence electrons. The zero-order chi connectivity index (χ0) is 4.41. The van der Waals surface area contributed by atoms with Crippen molar-refractivity contribution in [2.75, 3.05) is 0 Å². The van der Waals surface area contributed by atoms with Crippen LogP contribution in [0.15, 0.2) is 9.71 Å². The Balaban J connectivity index is 2.57. The van der Waals surface area contributed by atoms with Gasteiger partial charge in [0.1, 0.15) is 0 Å². The van der Waals surface area contributed by atoms with Gasteiger partial charge in [-0.05, 0) is 0 Å². The summed E-state index contributed by atoms with van der Waals surface area (Å²) < 4.78 is 3.29. The zero-order valence-electron chi connectivity index (χ0n) is 3.22. The molecule has 2 heteroatoms. The average Bonchev–Trinajstić information content (AvgIpc) is 1.31. The van der Waals surface area contributed by atoms with Crippen LogP contribution >= 0.6 is 0 Å². The summed E-state index contributed by atoms with van der Waals surface area (Å²) in [7, 11) is 0. The topological polar surface area (TPSA) is 17.1 Å². The summed E-state index contributed by atoms with van der Waals surface area (Å²) in [5.74, 6) is 0. The summed E-state index contributed by atoms with van der Waals surface area (Å²) in [6, 6.07) is 0. The van der Waals surface area contributed by atoms with Crippen LogP contribution in [0.3, 0.4) is 0 Å². The van der Waals surface area contributed by atoms with Crippen LogP contribution in [0, 0.1) is 0 Å². The van der Waals surface area contributed by atoms with Crippen molar-refractivity contribution in [2.24, 2.45) is 0 Å². The molecule has 0 N–H and O–H groups in total. The fraction of sp³-hybridized carbons (Fsp3) is 0. The van der Waals surface area contributed by atoms with Crippen LogP contribution in [0.1, 0.15) is 0 Å². The molecule has 0 spiro atoms. The molecule has 0 amide bonds. The van der Waals surface area contributed by atoms with E-state index in [1.54, 1.807) is 0 Å². The number of rotatable bonds is 1. The molecule has 0 aromatic heterocycles. The molecule has 0 radical (unpaired) electrons. The molecule has 0 atom stereocenters. The van der Waals surface area contributed by atoms with Gasteiger partial charge in [0, 0.05) is 0 Å². The summed E-state index contributed by atoms with van der Waals surface area (Å²) in [4.78, 5) is 9.75. The second-order valence-electron chi connectivity index (χ2n) is 1.14. The van der Waals surface area contributed by atoms with Crippen molar-refractivity contribution >= 4 is 33.1 Å². The van der Waals surface area contributed by atoms with Gasteiger partial charge in [-0.3, -0.25) is 0 Å². The Labute approximate surface area is 47.7 Å². The third-order valence-corrected chi connectivity index (χ3v) is 4.98. The molecule has 0 aromatic rings. The van der Waals surface area contributed by atoms with Gasteiger partial charge in [-0.1, -0.05) is 0 Å². The molecule has 0 aromatic carbocycles. The Morgan fingerprint density at radius 1 is 1.83 bits per heavy atom. The van der Waals surface area contributed by atoms with Gasteiger partial charge in [-0.15, -0.1) is 0 Å². The van der Waals surface area contributed by atoms with Crippen molar-refractivity contribution in [3.8, 4) is 0 Å². The number of hydrogen-bond acceptors (Lipinski definition) is 1. The Morgan fingerprint density at radius 3 is 2.50 bits per heavy atom. The van der Waals surface area contributed by atoms with E-state index in [1.165, 1.54) is 0 Å². The monoisotopic (exact) mass is 272 g/mol. The van der Waals surface area contributed by atoms with Crippen LogP contribution in [-0.2, 0) is 4.79 Å². The van der Waals surface area contributed by atoms with E-state index in [2.05, 4.69) is 3.64 Å². The molecule has 1 aliphatic heterocycles. The van der Waals surface area contributed by atoms with Gasteiger partial charge in [-0.25, -0.2) is 0 Å². The molecule has 1 heterocycles. The van der Waals surface area contributed by atoms with E-state index in [0.29, 0.717) is 0 Å².